The summed E-state index contributed by atoms with van der Waals surface area (Å²) in [6.07, 6.45) is 3.93. The van der Waals surface area contributed by atoms with Crippen molar-refractivity contribution in [1.82, 2.24) is 24.4 Å². The Labute approximate surface area is 198 Å². The predicted octanol–water partition coefficient (Wildman–Crippen LogP) is 2.77. The van der Waals surface area contributed by atoms with E-state index in [0.29, 0.717) is 30.9 Å². The second kappa shape index (κ2) is 8.81. The van der Waals surface area contributed by atoms with Gasteiger partial charge in [0.15, 0.2) is 5.56 Å². The van der Waals surface area contributed by atoms with E-state index in [-0.39, 0.29) is 29.9 Å². The highest BCUT2D eigenvalue weighted by atomic mass is 16.6. The van der Waals surface area contributed by atoms with Crippen molar-refractivity contribution in [2.24, 2.45) is 5.92 Å². The van der Waals surface area contributed by atoms with Crippen LogP contribution in [0.1, 0.15) is 69.9 Å². The molecule has 2 amide bonds. The number of aromatic hydroxyl groups is 1. The molecule has 34 heavy (non-hydrogen) atoms. The standard InChI is InChI=1S/C24H33N5O5/c1-14(2)12-28-18-11-17(15-7-6-10-27(13-15)23(33)34-24(3,4)5)26-29(18)22(32)19(21(28)31)20(30)25-16-8-9-16/h7,11,14,16,31H,6,8-10,12-13H2,1-5H3,(H,25,30). The van der Waals surface area contributed by atoms with E-state index in [1.54, 1.807) is 15.5 Å². The van der Waals surface area contributed by atoms with Gasteiger partial charge in [-0.05, 0) is 51.5 Å². The molecule has 0 bridgehead atoms. The van der Waals surface area contributed by atoms with Gasteiger partial charge in [0, 0.05) is 25.2 Å². The zero-order valence-corrected chi connectivity index (χ0v) is 20.4. The van der Waals surface area contributed by atoms with Crippen molar-refractivity contribution in [3.05, 3.63) is 33.8 Å². The molecule has 2 N–H and O–H groups in total. The van der Waals surface area contributed by atoms with Crippen LogP contribution in [0.2, 0.25) is 0 Å². The fraction of sp³-hybridized carbons (Fsp3) is 0.583. The SMILES string of the molecule is CC(C)Cn1c(O)c(C(=O)NC2CC2)c(=O)n2nc(C3=CCCN(C(=O)OC(C)(C)C)C3)cc12. The first kappa shape index (κ1) is 23.8. The summed E-state index contributed by atoms with van der Waals surface area (Å²) >= 11 is 0. The number of amides is 2. The van der Waals surface area contributed by atoms with E-state index in [1.807, 2.05) is 40.7 Å². The molecule has 0 radical (unpaired) electrons. The lowest BCUT2D eigenvalue weighted by atomic mass is 10.1. The molecular weight excluding hydrogens is 438 g/mol. The maximum Gasteiger partial charge on any atom is 0.410 e. The summed E-state index contributed by atoms with van der Waals surface area (Å²) in [5, 5.41) is 18.2. The molecule has 1 fully saturated rings. The van der Waals surface area contributed by atoms with Gasteiger partial charge in [-0.1, -0.05) is 19.9 Å². The van der Waals surface area contributed by atoms with Crippen molar-refractivity contribution in [1.29, 1.82) is 0 Å². The van der Waals surface area contributed by atoms with Gasteiger partial charge in [0.2, 0.25) is 5.88 Å². The monoisotopic (exact) mass is 471 g/mol. The summed E-state index contributed by atoms with van der Waals surface area (Å²) in [4.78, 5) is 40.2. The van der Waals surface area contributed by atoms with Gasteiger partial charge in [0.25, 0.3) is 11.5 Å². The van der Waals surface area contributed by atoms with Gasteiger partial charge in [-0.3, -0.25) is 14.2 Å². The molecule has 0 spiro atoms. The van der Waals surface area contributed by atoms with Crippen LogP contribution in [0.15, 0.2) is 16.9 Å². The van der Waals surface area contributed by atoms with Crippen LogP contribution in [0.5, 0.6) is 5.88 Å². The van der Waals surface area contributed by atoms with E-state index >= 15 is 0 Å². The quantitative estimate of drug-likeness (QED) is 0.692. The summed E-state index contributed by atoms with van der Waals surface area (Å²) in [5.74, 6) is -0.801. The highest BCUT2D eigenvalue weighted by molar-refractivity contribution is 5.96. The summed E-state index contributed by atoms with van der Waals surface area (Å²) in [7, 11) is 0. The minimum Gasteiger partial charge on any atom is -0.494 e. The smallest absolute Gasteiger partial charge is 0.410 e. The Morgan fingerprint density at radius 1 is 1.29 bits per heavy atom. The number of carbonyl (C=O) groups excluding carboxylic acids is 2. The topological polar surface area (TPSA) is 118 Å². The van der Waals surface area contributed by atoms with E-state index in [2.05, 4.69) is 10.4 Å². The number of hydrogen-bond donors (Lipinski definition) is 2. The van der Waals surface area contributed by atoms with E-state index < -0.39 is 23.2 Å². The molecule has 1 saturated carbocycles. The molecule has 184 valence electrons. The van der Waals surface area contributed by atoms with Crippen LogP contribution < -0.4 is 10.9 Å². The van der Waals surface area contributed by atoms with Gasteiger partial charge in [-0.15, -0.1) is 0 Å². The normalized spacial score (nSPS) is 16.6. The molecule has 0 saturated heterocycles. The van der Waals surface area contributed by atoms with E-state index in [1.165, 1.54) is 4.52 Å². The molecule has 1 aliphatic carbocycles. The van der Waals surface area contributed by atoms with Gasteiger partial charge in [-0.2, -0.15) is 9.61 Å². The van der Waals surface area contributed by atoms with E-state index in [4.69, 9.17) is 4.74 Å². The second-order valence-corrected chi connectivity index (χ2v) is 10.5. The Bertz CT molecular complexity index is 1210. The fourth-order valence-electron chi connectivity index (χ4n) is 3.96. The summed E-state index contributed by atoms with van der Waals surface area (Å²) in [6, 6.07) is 1.76. The van der Waals surface area contributed by atoms with Crippen LogP contribution in [0.25, 0.3) is 11.2 Å². The third-order valence-electron chi connectivity index (χ3n) is 5.67. The predicted molar refractivity (Wildman–Crippen MR) is 127 cm³/mol. The van der Waals surface area contributed by atoms with Crippen molar-refractivity contribution >= 4 is 23.2 Å². The molecule has 2 aliphatic rings. The molecule has 1 aliphatic heterocycles. The summed E-state index contributed by atoms with van der Waals surface area (Å²) in [6.45, 7) is 10.6. The molecular formula is C24H33N5O5. The molecule has 2 aromatic heterocycles. The first-order valence-electron chi connectivity index (χ1n) is 11.8. The van der Waals surface area contributed by atoms with Crippen molar-refractivity contribution in [2.45, 2.75) is 72.1 Å². The third kappa shape index (κ3) is 4.95. The highest BCUT2D eigenvalue weighted by Crippen LogP contribution is 2.26. The third-order valence-corrected chi connectivity index (χ3v) is 5.67. The molecule has 0 unspecified atom stereocenters. The van der Waals surface area contributed by atoms with Gasteiger partial charge >= 0.3 is 6.09 Å². The molecule has 0 atom stereocenters. The maximum atomic E-state index is 13.2. The molecule has 4 rings (SSSR count). The van der Waals surface area contributed by atoms with Gasteiger partial charge in [0.1, 0.15) is 11.2 Å². The Hall–Kier alpha value is -3.30. The minimum atomic E-state index is -0.669. The second-order valence-electron chi connectivity index (χ2n) is 10.5. The Morgan fingerprint density at radius 3 is 2.62 bits per heavy atom. The van der Waals surface area contributed by atoms with Crippen LogP contribution >= 0.6 is 0 Å². The first-order valence-corrected chi connectivity index (χ1v) is 11.8. The van der Waals surface area contributed by atoms with Gasteiger partial charge < -0.3 is 20.1 Å². The van der Waals surface area contributed by atoms with Crippen LogP contribution in [0, 0.1) is 5.92 Å². The van der Waals surface area contributed by atoms with Gasteiger partial charge in [0.05, 0.1) is 12.2 Å². The molecule has 2 aromatic rings. The van der Waals surface area contributed by atoms with Gasteiger partial charge in [-0.25, -0.2) is 4.79 Å². The van der Waals surface area contributed by atoms with Crippen LogP contribution in [-0.2, 0) is 11.3 Å². The Morgan fingerprint density at radius 2 is 2.00 bits per heavy atom. The average Bonchev–Trinajstić information content (AvgIpc) is 3.43. The van der Waals surface area contributed by atoms with Crippen molar-refractivity contribution in [2.75, 3.05) is 13.1 Å². The lowest BCUT2D eigenvalue weighted by Crippen LogP contribution is -2.39. The van der Waals surface area contributed by atoms with Crippen LogP contribution in [-0.4, -0.2) is 60.9 Å². The maximum absolute atomic E-state index is 13.2. The number of nitrogens with zero attached hydrogens (tertiary/aromatic N) is 4. The lowest BCUT2D eigenvalue weighted by molar-refractivity contribution is 0.0273. The Kier molecular flexibility index (Phi) is 6.18. The van der Waals surface area contributed by atoms with Crippen molar-refractivity contribution in [3.63, 3.8) is 0 Å². The first-order chi connectivity index (χ1) is 15.9. The number of aromatic nitrogens is 3. The minimum absolute atomic E-state index is 0.0416. The van der Waals surface area contributed by atoms with Crippen LogP contribution in [0.3, 0.4) is 0 Å². The Balaban J connectivity index is 1.73. The zero-order valence-electron chi connectivity index (χ0n) is 20.4. The highest BCUT2D eigenvalue weighted by Gasteiger charge is 2.30. The molecule has 0 aromatic carbocycles. The fourth-order valence-corrected chi connectivity index (χ4v) is 3.96. The number of ether oxygens (including phenoxy) is 1. The van der Waals surface area contributed by atoms with Crippen molar-refractivity contribution < 1.29 is 19.4 Å². The molecule has 10 nitrogen and oxygen atoms in total. The number of carbonyl (C=O) groups is 2. The summed E-state index contributed by atoms with van der Waals surface area (Å²) in [5.41, 5.74) is 0.113. The largest absolute Gasteiger partial charge is 0.494 e. The number of rotatable bonds is 5. The molecule has 10 heteroatoms. The zero-order chi connectivity index (χ0) is 24.8. The molecule has 3 heterocycles. The number of fused-ring (bicyclic) bond motifs is 1. The van der Waals surface area contributed by atoms with E-state index in [0.717, 1.165) is 18.4 Å². The average molecular weight is 472 g/mol. The van der Waals surface area contributed by atoms with Crippen molar-refractivity contribution in [3.8, 4) is 5.88 Å². The summed E-state index contributed by atoms with van der Waals surface area (Å²) < 4.78 is 8.23. The number of hydrogen-bond acceptors (Lipinski definition) is 6. The van der Waals surface area contributed by atoms with E-state index in [9.17, 15) is 19.5 Å². The lowest BCUT2D eigenvalue weighted by Gasteiger charge is -2.29. The number of nitrogens with one attached hydrogen (secondary N) is 1. The van der Waals surface area contributed by atoms with Crippen LogP contribution in [0.4, 0.5) is 4.79 Å².